The Morgan fingerprint density at radius 2 is 1.69 bits per heavy atom. The van der Waals surface area contributed by atoms with Crippen molar-refractivity contribution in [3.8, 4) is 5.69 Å². The zero-order chi connectivity index (χ0) is 27.7. The van der Waals surface area contributed by atoms with Crippen LogP contribution < -0.4 is 5.56 Å². The van der Waals surface area contributed by atoms with Gasteiger partial charge < -0.3 is 4.57 Å². The molecule has 0 atom stereocenters. The maximum absolute atomic E-state index is 13.2. The number of nitro groups is 1. The Hall–Kier alpha value is -4.02. The minimum Gasteiger partial charge on any atom is -0.318 e. The van der Waals surface area contributed by atoms with Crippen molar-refractivity contribution in [2.24, 2.45) is 5.10 Å². The predicted octanol–water partition coefficient (Wildman–Crippen LogP) is 7.07. The molecule has 0 amide bonds. The Morgan fingerprint density at radius 1 is 1.03 bits per heavy atom. The number of fused-ring (bicyclic) bond motifs is 1. The molecule has 5 rings (SSSR count). The minimum absolute atomic E-state index is 0.0772. The monoisotopic (exact) mass is 601 g/mol. The molecule has 5 aromatic rings. The van der Waals surface area contributed by atoms with Crippen molar-refractivity contribution in [2.75, 3.05) is 0 Å². The summed E-state index contributed by atoms with van der Waals surface area (Å²) in [6.45, 7) is 6.00. The fraction of sp³-hybridized carbons (Fsp3) is 0.138. The average Bonchev–Trinajstić information content (AvgIpc) is 3.21. The lowest BCUT2D eigenvalue weighted by Gasteiger charge is -2.11. The van der Waals surface area contributed by atoms with E-state index in [1.54, 1.807) is 36.2 Å². The van der Waals surface area contributed by atoms with Crippen LogP contribution in [0.4, 0.5) is 5.69 Å². The van der Waals surface area contributed by atoms with Crippen LogP contribution >= 0.6 is 27.7 Å². The van der Waals surface area contributed by atoms with Gasteiger partial charge in [-0.25, -0.2) is 4.98 Å². The van der Waals surface area contributed by atoms with E-state index in [2.05, 4.69) is 30.6 Å². The standard InChI is InChI=1S/C29H24BrN5O3S/c1-4-28-32-27-14-5-21(30)16-26(27)29(36)34(28)31-17-20-15-18(2)33(19(20)3)22-6-10-24(11-7-22)39-25-12-8-23(9-13-25)35(37)38/h5-17H,4H2,1-3H3. The van der Waals surface area contributed by atoms with Crippen molar-refractivity contribution in [1.29, 1.82) is 0 Å². The van der Waals surface area contributed by atoms with E-state index in [0.29, 0.717) is 23.1 Å². The van der Waals surface area contributed by atoms with E-state index in [1.165, 1.54) is 16.8 Å². The van der Waals surface area contributed by atoms with Crippen molar-refractivity contribution < 1.29 is 4.92 Å². The molecular formula is C29H24BrN5O3S. The fourth-order valence-electron chi connectivity index (χ4n) is 4.41. The van der Waals surface area contributed by atoms with Crippen molar-refractivity contribution in [2.45, 2.75) is 37.0 Å². The molecule has 0 radical (unpaired) electrons. The van der Waals surface area contributed by atoms with Crippen molar-refractivity contribution in [3.63, 3.8) is 0 Å². The summed E-state index contributed by atoms with van der Waals surface area (Å²) in [4.78, 5) is 30.3. The molecule has 0 unspecified atom stereocenters. The molecule has 0 aliphatic heterocycles. The van der Waals surface area contributed by atoms with Crippen LogP contribution in [0.25, 0.3) is 16.6 Å². The van der Waals surface area contributed by atoms with Crippen LogP contribution in [0.5, 0.6) is 0 Å². The van der Waals surface area contributed by atoms with Crippen LogP contribution in [-0.2, 0) is 6.42 Å². The zero-order valence-corrected chi connectivity index (χ0v) is 23.9. The van der Waals surface area contributed by atoms with Crippen LogP contribution in [-0.4, -0.2) is 25.4 Å². The highest BCUT2D eigenvalue weighted by molar-refractivity contribution is 9.10. The molecule has 0 aliphatic carbocycles. The number of aryl methyl sites for hydroxylation is 2. The first-order chi connectivity index (χ1) is 18.7. The van der Waals surface area contributed by atoms with Crippen molar-refractivity contribution >= 4 is 50.5 Å². The van der Waals surface area contributed by atoms with E-state index in [4.69, 9.17) is 0 Å². The molecule has 39 heavy (non-hydrogen) atoms. The molecular weight excluding hydrogens is 578 g/mol. The summed E-state index contributed by atoms with van der Waals surface area (Å²) in [5.74, 6) is 0.598. The van der Waals surface area contributed by atoms with E-state index >= 15 is 0 Å². The summed E-state index contributed by atoms with van der Waals surface area (Å²) in [7, 11) is 0. The largest absolute Gasteiger partial charge is 0.318 e. The predicted molar refractivity (Wildman–Crippen MR) is 159 cm³/mol. The number of benzene rings is 3. The summed E-state index contributed by atoms with van der Waals surface area (Å²) >= 11 is 4.98. The Kier molecular flexibility index (Phi) is 7.49. The molecule has 2 heterocycles. The highest BCUT2D eigenvalue weighted by Gasteiger charge is 2.13. The Morgan fingerprint density at radius 3 is 2.33 bits per heavy atom. The van der Waals surface area contributed by atoms with Gasteiger partial charge >= 0.3 is 0 Å². The number of hydrogen-bond acceptors (Lipinski definition) is 6. The summed E-state index contributed by atoms with van der Waals surface area (Å²) < 4.78 is 4.33. The second-order valence-corrected chi connectivity index (χ2v) is 11.0. The van der Waals surface area contributed by atoms with Gasteiger partial charge in [-0.15, -0.1) is 0 Å². The third-order valence-electron chi connectivity index (χ3n) is 6.35. The highest BCUT2D eigenvalue weighted by Crippen LogP contribution is 2.30. The molecule has 0 N–H and O–H groups in total. The second-order valence-electron chi connectivity index (χ2n) is 8.91. The van der Waals surface area contributed by atoms with E-state index < -0.39 is 4.92 Å². The Labute approximate surface area is 237 Å². The van der Waals surface area contributed by atoms with Gasteiger partial charge in [0.25, 0.3) is 11.2 Å². The third kappa shape index (κ3) is 5.43. The van der Waals surface area contributed by atoms with Gasteiger partial charge in [-0.3, -0.25) is 14.9 Å². The van der Waals surface area contributed by atoms with Gasteiger partial charge in [0.05, 0.1) is 22.0 Å². The molecule has 2 aromatic heterocycles. The van der Waals surface area contributed by atoms with Crippen LogP contribution in [0.1, 0.15) is 29.7 Å². The van der Waals surface area contributed by atoms with Gasteiger partial charge in [0.2, 0.25) is 0 Å². The normalized spacial score (nSPS) is 11.5. The molecule has 0 fully saturated rings. The summed E-state index contributed by atoms with van der Waals surface area (Å²) in [5, 5.41) is 15.9. The third-order valence-corrected chi connectivity index (χ3v) is 7.86. The van der Waals surface area contributed by atoms with Gasteiger partial charge in [0.15, 0.2) is 0 Å². The van der Waals surface area contributed by atoms with Crippen LogP contribution in [0.15, 0.2) is 97.0 Å². The summed E-state index contributed by atoms with van der Waals surface area (Å²) in [5.41, 5.74) is 4.46. The van der Waals surface area contributed by atoms with E-state index in [0.717, 1.165) is 36.9 Å². The second kappa shape index (κ2) is 11.0. The van der Waals surface area contributed by atoms with E-state index in [9.17, 15) is 14.9 Å². The first kappa shape index (κ1) is 26.6. The molecule has 196 valence electrons. The average molecular weight is 603 g/mol. The number of non-ortho nitro benzene ring substituents is 1. The molecule has 0 aliphatic rings. The maximum Gasteiger partial charge on any atom is 0.282 e. The first-order valence-electron chi connectivity index (χ1n) is 12.2. The number of aromatic nitrogens is 3. The molecule has 3 aromatic carbocycles. The van der Waals surface area contributed by atoms with E-state index in [1.807, 2.05) is 63.2 Å². The van der Waals surface area contributed by atoms with Gasteiger partial charge in [0, 0.05) is 55.5 Å². The smallest absolute Gasteiger partial charge is 0.282 e. The van der Waals surface area contributed by atoms with Crippen molar-refractivity contribution in [1.82, 2.24) is 14.2 Å². The SMILES string of the molecule is CCc1nc2ccc(Br)cc2c(=O)n1N=Cc1cc(C)n(-c2ccc(Sc3ccc([N+](=O)[O-])cc3)cc2)c1C. The van der Waals surface area contributed by atoms with Crippen LogP contribution in [0.3, 0.4) is 0 Å². The Bertz CT molecular complexity index is 1790. The van der Waals surface area contributed by atoms with E-state index in [-0.39, 0.29) is 11.2 Å². The van der Waals surface area contributed by atoms with Gasteiger partial charge in [-0.1, -0.05) is 34.6 Å². The number of halogens is 1. The van der Waals surface area contributed by atoms with Crippen LogP contribution in [0.2, 0.25) is 0 Å². The lowest BCUT2D eigenvalue weighted by molar-refractivity contribution is -0.384. The number of nitro benzene ring substituents is 1. The minimum atomic E-state index is -0.400. The summed E-state index contributed by atoms with van der Waals surface area (Å²) in [6.07, 6.45) is 2.28. The Balaban J connectivity index is 1.42. The molecule has 10 heteroatoms. The number of hydrogen-bond donors (Lipinski definition) is 0. The van der Waals surface area contributed by atoms with Gasteiger partial charge in [0.1, 0.15) is 5.82 Å². The molecule has 0 saturated heterocycles. The lowest BCUT2D eigenvalue weighted by Crippen LogP contribution is -2.22. The highest BCUT2D eigenvalue weighted by atomic mass is 79.9. The lowest BCUT2D eigenvalue weighted by atomic mass is 10.2. The van der Waals surface area contributed by atoms with Gasteiger partial charge in [-0.2, -0.15) is 9.78 Å². The zero-order valence-electron chi connectivity index (χ0n) is 21.5. The number of rotatable bonds is 7. The van der Waals surface area contributed by atoms with Crippen molar-refractivity contribution in [3.05, 3.63) is 121 Å². The fourth-order valence-corrected chi connectivity index (χ4v) is 5.59. The van der Waals surface area contributed by atoms with Gasteiger partial charge in [-0.05, 0) is 74.5 Å². The van der Waals surface area contributed by atoms with Crippen LogP contribution in [0, 0.1) is 24.0 Å². The molecule has 0 spiro atoms. The number of nitrogens with zero attached hydrogens (tertiary/aromatic N) is 5. The maximum atomic E-state index is 13.2. The summed E-state index contributed by atoms with van der Waals surface area (Å²) in [6, 6.07) is 22.2. The molecule has 8 nitrogen and oxygen atoms in total. The molecule has 0 saturated carbocycles. The molecule has 0 bridgehead atoms. The quantitative estimate of drug-likeness (QED) is 0.113. The topological polar surface area (TPSA) is 95.3 Å². The first-order valence-corrected chi connectivity index (χ1v) is 13.8.